The van der Waals surface area contributed by atoms with E-state index in [1.165, 1.54) is 29.2 Å². The van der Waals surface area contributed by atoms with Crippen molar-refractivity contribution in [1.29, 1.82) is 0 Å². The zero-order valence-electron chi connectivity index (χ0n) is 15.6. The van der Waals surface area contributed by atoms with Gasteiger partial charge in [0.2, 0.25) is 0 Å². The summed E-state index contributed by atoms with van der Waals surface area (Å²) >= 11 is 0. The minimum absolute atomic E-state index is 0.0344. The third-order valence-corrected chi connectivity index (χ3v) is 5.02. The van der Waals surface area contributed by atoms with E-state index in [0.29, 0.717) is 16.9 Å². The molecule has 1 fully saturated rings. The van der Waals surface area contributed by atoms with Crippen molar-refractivity contribution in [2.24, 2.45) is 11.7 Å². The maximum absolute atomic E-state index is 12.9. The average Bonchev–Trinajstić information content (AvgIpc) is 2.68. The molecule has 0 unspecified atom stereocenters. The van der Waals surface area contributed by atoms with Gasteiger partial charge in [-0.25, -0.2) is 4.79 Å². The molecule has 0 radical (unpaired) electrons. The van der Waals surface area contributed by atoms with Crippen LogP contribution in [0.2, 0.25) is 0 Å². The first-order valence-electron chi connectivity index (χ1n) is 9.03. The number of hydrogen-bond acceptors (Lipinski definition) is 5. The van der Waals surface area contributed by atoms with E-state index in [0.717, 1.165) is 25.9 Å². The highest BCUT2D eigenvalue weighted by Crippen LogP contribution is 2.29. The van der Waals surface area contributed by atoms with Crippen LogP contribution in [0.25, 0.3) is 0 Å². The maximum atomic E-state index is 12.9. The number of rotatable bonds is 5. The van der Waals surface area contributed by atoms with Crippen LogP contribution in [0.4, 0.5) is 21.9 Å². The molecule has 0 aliphatic carbocycles. The number of Topliss-reactive ketones (excluding diaryl/α,β-unsaturated/α-hetero) is 1. The molecular formula is C20H22N4O4. The van der Waals surface area contributed by atoms with E-state index in [1.807, 2.05) is 7.05 Å². The van der Waals surface area contributed by atoms with E-state index in [-0.39, 0.29) is 17.4 Å². The molecular weight excluding hydrogens is 360 g/mol. The summed E-state index contributed by atoms with van der Waals surface area (Å²) < 4.78 is 0. The van der Waals surface area contributed by atoms with E-state index in [2.05, 4.69) is 4.90 Å². The summed E-state index contributed by atoms with van der Waals surface area (Å²) in [6.07, 6.45) is 1.61. The Balaban J connectivity index is 1.88. The van der Waals surface area contributed by atoms with Gasteiger partial charge < -0.3 is 10.6 Å². The third kappa shape index (κ3) is 4.17. The molecule has 2 amide bonds. The van der Waals surface area contributed by atoms with E-state index < -0.39 is 11.0 Å². The van der Waals surface area contributed by atoms with Gasteiger partial charge in [-0.05, 0) is 57.2 Å². The minimum Gasteiger partial charge on any atom is -0.351 e. The number of ketones is 1. The van der Waals surface area contributed by atoms with E-state index >= 15 is 0 Å². The molecule has 28 heavy (non-hydrogen) atoms. The summed E-state index contributed by atoms with van der Waals surface area (Å²) in [7, 11) is 2.04. The highest BCUT2D eigenvalue weighted by atomic mass is 16.6. The van der Waals surface area contributed by atoms with E-state index in [1.54, 1.807) is 24.3 Å². The summed E-state index contributed by atoms with van der Waals surface area (Å²) in [6.45, 7) is 1.76. The molecule has 0 saturated carbocycles. The Labute approximate surface area is 162 Å². The number of benzene rings is 2. The summed E-state index contributed by atoms with van der Waals surface area (Å²) in [5.41, 5.74) is 6.82. The zero-order valence-corrected chi connectivity index (χ0v) is 15.6. The lowest BCUT2D eigenvalue weighted by Crippen LogP contribution is -2.34. The van der Waals surface area contributed by atoms with Gasteiger partial charge in [0.15, 0.2) is 5.78 Å². The number of nitrogens with two attached hydrogens (primary N) is 1. The largest absolute Gasteiger partial charge is 0.351 e. The van der Waals surface area contributed by atoms with Gasteiger partial charge in [-0.1, -0.05) is 12.1 Å². The van der Waals surface area contributed by atoms with Gasteiger partial charge in [-0.3, -0.25) is 19.8 Å². The van der Waals surface area contributed by atoms with Crippen LogP contribution in [-0.2, 0) is 0 Å². The zero-order chi connectivity index (χ0) is 20.3. The molecule has 0 aromatic heterocycles. The summed E-state index contributed by atoms with van der Waals surface area (Å²) in [5, 5.41) is 10.8. The molecule has 2 aromatic carbocycles. The number of hydrogen-bond donors (Lipinski definition) is 1. The molecule has 8 heteroatoms. The van der Waals surface area contributed by atoms with Crippen molar-refractivity contribution in [2.45, 2.75) is 12.8 Å². The molecule has 0 spiro atoms. The second-order valence-electron chi connectivity index (χ2n) is 6.94. The topological polar surface area (TPSA) is 110 Å². The Morgan fingerprint density at radius 2 is 1.75 bits per heavy atom. The number of carbonyl (C=O) groups is 2. The molecule has 1 aliphatic heterocycles. The monoisotopic (exact) mass is 382 g/mol. The van der Waals surface area contributed by atoms with Gasteiger partial charge in [0.1, 0.15) is 0 Å². The number of amides is 2. The van der Waals surface area contributed by atoms with Crippen LogP contribution in [-0.4, -0.2) is 41.8 Å². The van der Waals surface area contributed by atoms with Crippen LogP contribution in [0.15, 0.2) is 48.5 Å². The Bertz CT molecular complexity index is 889. The van der Waals surface area contributed by atoms with Gasteiger partial charge in [0.05, 0.1) is 16.3 Å². The second-order valence-corrected chi connectivity index (χ2v) is 6.94. The van der Waals surface area contributed by atoms with Gasteiger partial charge in [-0.15, -0.1) is 0 Å². The molecule has 0 atom stereocenters. The highest BCUT2D eigenvalue weighted by molar-refractivity contribution is 6.02. The van der Waals surface area contributed by atoms with Gasteiger partial charge >= 0.3 is 6.03 Å². The molecule has 0 bridgehead atoms. The summed E-state index contributed by atoms with van der Waals surface area (Å²) in [6, 6.07) is 11.5. The Kier molecular flexibility index (Phi) is 5.70. The number of likely N-dealkylation sites (tertiary alicyclic amines) is 1. The molecule has 2 N–H and O–H groups in total. The van der Waals surface area contributed by atoms with Crippen LogP contribution >= 0.6 is 0 Å². The number of nitro groups is 1. The lowest BCUT2D eigenvalue weighted by atomic mass is 9.89. The van der Waals surface area contributed by atoms with Crippen molar-refractivity contribution in [1.82, 2.24) is 4.90 Å². The van der Waals surface area contributed by atoms with Gasteiger partial charge in [0, 0.05) is 23.6 Å². The van der Waals surface area contributed by atoms with Gasteiger partial charge in [0.25, 0.3) is 5.69 Å². The first kappa shape index (κ1) is 19.5. The number of piperidine rings is 1. The minimum atomic E-state index is -0.738. The number of non-ortho nitro benzene ring substituents is 1. The lowest BCUT2D eigenvalue weighted by molar-refractivity contribution is -0.384. The molecule has 1 saturated heterocycles. The van der Waals surface area contributed by atoms with Crippen molar-refractivity contribution in [3.05, 3.63) is 64.2 Å². The smallest absolute Gasteiger partial charge is 0.323 e. The van der Waals surface area contributed by atoms with Crippen LogP contribution in [0.1, 0.15) is 23.2 Å². The SMILES string of the molecule is CN1CCC(C(=O)c2cccc(N(C(N)=O)c3ccc([N+](=O)[O-])cc3)c2)CC1. The van der Waals surface area contributed by atoms with Crippen LogP contribution < -0.4 is 10.6 Å². The second kappa shape index (κ2) is 8.18. The third-order valence-electron chi connectivity index (χ3n) is 5.02. The first-order chi connectivity index (χ1) is 13.4. The Hall–Kier alpha value is -3.26. The number of urea groups is 1. The summed E-state index contributed by atoms with van der Waals surface area (Å²) in [5.74, 6) is 0.0240. The molecule has 1 heterocycles. The standard InChI is InChI=1S/C20H22N4O4/c1-22-11-9-14(10-12-22)19(25)15-3-2-4-18(13-15)23(20(21)26)16-5-7-17(8-6-16)24(27)28/h2-8,13-14H,9-12H2,1H3,(H2,21,26). The predicted octanol–water partition coefficient (Wildman–Crippen LogP) is 3.34. The number of primary amides is 1. The fraction of sp³-hybridized carbons (Fsp3) is 0.300. The highest BCUT2D eigenvalue weighted by Gasteiger charge is 2.25. The van der Waals surface area contributed by atoms with Crippen molar-refractivity contribution in [3.63, 3.8) is 0 Å². The first-order valence-corrected chi connectivity index (χ1v) is 9.03. The van der Waals surface area contributed by atoms with Crippen molar-refractivity contribution in [2.75, 3.05) is 25.0 Å². The van der Waals surface area contributed by atoms with Crippen LogP contribution in [0.5, 0.6) is 0 Å². The predicted molar refractivity (Wildman–Crippen MR) is 106 cm³/mol. The number of anilines is 2. The quantitative estimate of drug-likeness (QED) is 0.484. The van der Waals surface area contributed by atoms with Crippen molar-refractivity contribution < 1.29 is 14.5 Å². The molecule has 146 valence electrons. The van der Waals surface area contributed by atoms with E-state index in [9.17, 15) is 19.7 Å². The van der Waals surface area contributed by atoms with Crippen molar-refractivity contribution >= 4 is 28.9 Å². The fourth-order valence-corrected chi connectivity index (χ4v) is 3.43. The number of carbonyl (C=O) groups excluding carboxylic acids is 2. The molecule has 8 nitrogen and oxygen atoms in total. The maximum Gasteiger partial charge on any atom is 0.323 e. The average molecular weight is 382 g/mol. The lowest BCUT2D eigenvalue weighted by Gasteiger charge is -2.28. The number of nitrogens with zero attached hydrogens (tertiary/aromatic N) is 3. The van der Waals surface area contributed by atoms with Crippen molar-refractivity contribution in [3.8, 4) is 0 Å². The van der Waals surface area contributed by atoms with Crippen LogP contribution in [0.3, 0.4) is 0 Å². The van der Waals surface area contributed by atoms with E-state index in [4.69, 9.17) is 5.73 Å². The molecule has 3 rings (SSSR count). The van der Waals surface area contributed by atoms with Crippen LogP contribution in [0, 0.1) is 16.0 Å². The molecule has 1 aliphatic rings. The summed E-state index contributed by atoms with van der Waals surface area (Å²) in [4.78, 5) is 38.7. The normalized spacial score (nSPS) is 15.2. The van der Waals surface area contributed by atoms with Gasteiger partial charge in [-0.2, -0.15) is 0 Å². The Morgan fingerprint density at radius 1 is 1.11 bits per heavy atom. The molecule has 2 aromatic rings. The Morgan fingerprint density at radius 3 is 2.32 bits per heavy atom. The number of nitro benzene ring substituents is 1. The fourth-order valence-electron chi connectivity index (χ4n) is 3.43.